The summed E-state index contributed by atoms with van der Waals surface area (Å²) >= 11 is 0. The Morgan fingerprint density at radius 3 is 2.68 bits per heavy atom. The summed E-state index contributed by atoms with van der Waals surface area (Å²) in [6.07, 6.45) is -0.188. The van der Waals surface area contributed by atoms with Gasteiger partial charge >= 0.3 is 6.18 Å². The summed E-state index contributed by atoms with van der Waals surface area (Å²) < 4.78 is 37.5. The Morgan fingerprint density at radius 2 is 1.95 bits per heavy atom. The van der Waals surface area contributed by atoms with Crippen LogP contribution in [-0.4, -0.2) is 4.98 Å². The van der Waals surface area contributed by atoms with Gasteiger partial charge < -0.3 is 5.32 Å². The third kappa shape index (κ3) is 3.30. The Hall–Kier alpha value is -1.88. The van der Waals surface area contributed by atoms with Gasteiger partial charge in [-0.1, -0.05) is 24.3 Å². The van der Waals surface area contributed by atoms with Crippen molar-refractivity contribution < 1.29 is 13.2 Å². The number of nitrogens with one attached hydrogen (secondary N) is 1. The van der Waals surface area contributed by atoms with Gasteiger partial charge in [-0.15, -0.1) is 0 Å². The molecule has 1 N–H and O–H groups in total. The highest BCUT2D eigenvalue weighted by Crippen LogP contribution is 2.30. The zero-order valence-corrected chi connectivity index (χ0v) is 12.0. The van der Waals surface area contributed by atoms with E-state index in [-0.39, 0.29) is 6.04 Å². The fourth-order valence-corrected chi connectivity index (χ4v) is 2.89. The van der Waals surface area contributed by atoms with E-state index in [9.17, 15) is 13.2 Å². The van der Waals surface area contributed by atoms with E-state index in [1.54, 1.807) is 0 Å². The van der Waals surface area contributed by atoms with Crippen LogP contribution in [0.1, 0.15) is 41.3 Å². The second-order valence-electron chi connectivity index (χ2n) is 5.56. The van der Waals surface area contributed by atoms with Gasteiger partial charge in [-0.05, 0) is 42.5 Å². The van der Waals surface area contributed by atoms with Crippen LogP contribution < -0.4 is 5.32 Å². The highest BCUT2D eigenvalue weighted by molar-refractivity contribution is 5.32. The van der Waals surface area contributed by atoms with Crippen LogP contribution in [0.2, 0.25) is 0 Å². The predicted molar refractivity (Wildman–Crippen MR) is 78.2 cm³/mol. The van der Waals surface area contributed by atoms with Gasteiger partial charge in [-0.3, -0.25) is 4.98 Å². The number of hydrogen-bond acceptors (Lipinski definition) is 2. The van der Waals surface area contributed by atoms with E-state index in [0.29, 0.717) is 12.2 Å². The number of benzene rings is 1. The molecule has 0 amide bonds. The average Bonchev–Trinajstić information content (AvgIpc) is 2.52. The molecule has 2 nitrogen and oxygen atoms in total. The van der Waals surface area contributed by atoms with Gasteiger partial charge in [0.15, 0.2) is 0 Å². The van der Waals surface area contributed by atoms with Gasteiger partial charge in [-0.25, -0.2) is 0 Å². The van der Waals surface area contributed by atoms with Gasteiger partial charge in [0, 0.05) is 18.8 Å². The Kier molecular flexibility index (Phi) is 4.16. The van der Waals surface area contributed by atoms with Crippen LogP contribution >= 0.6 is 0 Å². The Bertz CT molecular complexity index is 635. The molecule has 1 aliphatic rings. The number of rotatable bonds is 3. The summed E-state index contributed by atoms with van der Waals surface area (Å²) in [5.74, 6) is 0. The van der Waals surface area contributed by atoms with E-state index in [4.69, 9.17) is 0 Å². The number of nitrogens with zero attached hydrogens (tertiary/aromatic N) is 1. The molecule has 0 aliphatic heterocycles. The van der Waals surface area contributed by atoms with Gasteiger partial charge in [0.1, 0.15) is 0 Å². The number of fused-ring (bicyclic) bond motifs is 1. The minimum absolute atomic E-state index is 0.244. The van der Waals surface area contributed by atoms with Crippen LogP contribution in [-0.2, 0) is 19.1 Å². The zero-order chi connectivity index (χ0) is 15.6. The molecular formula is C17H17F3N2. The number of aromatic nitrogens is 1. The summed E-state index contributed by atoms with van der Waals surface area (Å²) in [5.41, 5.74) is 2.56. The minimum atomic E-state index is -4.33. The molecule has 0 unspecified atom stereocenters. The maximum absolute atomic E-state index is 12.5. The summed E-state index contributed by atoms with van der Waals surface area (Å²) in [4.78, 5) is 3.90. The minimum Gasteiger partial charge on any atom is -0.304 e. The molecule has 3 rings (SSSR count). The van der Waals surface area contributed by atoms with Crippen molar-refractivity contribution in [3.8, 4) is 0 Å². The van der Waals surface area contributed by atoms with Crippen molar-refractivity contribution in [1.82, 2.24) is 10.3 Å². The summed E-state index contributed by atoms with van der Waals surface area (Å²) in [5, 5.41) is 3.41. The number of aryl methyl sites for hydroxylation is 1. The molecule has 1 aromatic carbocycles. The van der Waals surface area contributed by atoms with Crippen LogP contribution in [0.25, 0.3) is 0 Å². The largest absolute Gasteiger partial charge is 0.417 e. The van der Waals surface area contributed by atoms with E-state index >= 15 is 0 Å². The summed E-state index contributed by atoms with van der Waals surface area (Å²) in [6.45, 7) is 0.469. The first kappa shape index (κ1) is 15.0. The lowest BCUT2D eigenvalue weighted by atomic mass is 9.88. The number of halogens is 3. The molecule has 0 fully saturated rings. The fraction of sp³-hybridized carbons (Fsp3) is 0.353. The topological polar surface area (TPSA) is 24.9 Å². The first-order valence-electron chi connectivity index (χ1n) is 7.37. The lowest BCUT2D eigenvalue weighted by Crippen LogP contribution is -2.25. The maximum atomic E-state index is 12.5. The quantitative estimate of drug-likeness (QED) is 0.916. The van der Waals surface area contributed by atoms with Crippen molar-refractivity contribution in [2.45, 2.75) is 38.0 Å². The van der Waals surface area contributed by atoms with Crippen LogP contribution in [0.3, 0.4) is 0 Å². The van der Waals surface area contributed by atoms with E-state index in [0.717, 1.165) is 31.5 Å². The van der Waals surface area contributed by atoms with Crippen molar-refractivity contribution in [2.75, 3.05) is 0 Å². The van der Waals surface area contributed by atoms with Gasteiger partial charge in [0.2, 0.25) is 0 Å². The van der Waals surface area contributed by atoms with Crippen LogP contribution in [0.5, 0.6) is 0 Å². The molecule has 116 valence electrons. The lowest BCUT2D eigenvalue weighted by Gasteiger charge is -2.26. The monoisotopic (exact) mass is 306 g/mol. The van der Waals surface area contributed by atoms with Gasteiger partial charge in [0.05, 0.1) is 11.3 Å². The van der Waals surface area contributed by atoms with E-state index in [1.165, 1.54) is 17.2 Å². The highest BCUT2D eigenvalue weighted by Gasteiger charge is 2.30. The van der Waals surface area contributed by atoms with E-state index in [1.807, 2.05) is 12.1 Å². The predicted octanol–water partition coefficient (Wildman–Crippen LogP) is 4.27. The molecule has 1 atom stereocenters. The molecule has 0 saturated carbocycles. The van der Waals surface area contributed by atoms with E-state index < -0.39 is 11.7 Å². The molecule has 1 aliphatic carbocycles. The third-order valence-corrected chi connectivity index (χ3v) is 4.05. The molecule has 5 heteroatoms. The molecule has 1 aromatic heterocycles. The van der Waals surface area contributed by atoms with Crippen molar-refractivity contribution in [1.29, 1.82) is 0 Å². The molecule has 22 heavy (non-hydrogen) atoms. The number of hydrogen-bond donors (Lipinski definition) is 1. The molecule has 1 heterocycles. The second-order valence-corrected chi connectivity index (χ2v) is 5.56. The normalized spacial score (nSPS) is 18.0. The molecule has 2 aromatic rings. The van der Waals surface area contributed by atoms with Gasteiger partial charge in [-0.2, -0.15) is 13.2 Å². The average molecular weight is 306 g/mol. The molecule has 0 spiro atoms. The van der Waals surface area contributed by atoms with Crippen molar-refractivity contribution in [3.63, 3.8) is 0 Å². The Morgan fingerprint density at radius 1 is 1.14 bits per heavy atom. The van der Waals surface area contributed by atoms with Crippen LogP contribution in [0.4, 0.5) is 13.2 Å². The standard InChI is InChI=1S/C17H17F3N2/c18-17(19,20)13-8-9-14(21-10-13)11-22-16-7-3-5-12-4-1-2-6-15(12)16/h1-2,4,6,8-10,16,22H,3,5,7,11H2/t16-/m0/s1. The zero-order valence-electron chi connectivity index (χ0n) is 12.0. The smallest absolute Gasteiger partial charge is 0.304 e. The van der Waals surface area contributed by atoms with E-state index in [2.05, 4.69) is 22.4 Å². The SMILES string of the molecule is FC(F)(F)c1ccc(CN[C@H]2CCCc3ccccc32)nc1. The number of alkyl halides is 3. The van der Waals surface area contributed by atoms with Crippen molar-refractivity contribution in [2.24, 2.45) is 0 Å². The fourth-order valence-electron chi connectivity index (χ4n) is 2.89. The third-order valence-electron chi connectivity index (χ3n) is 4.05. The van der Waals surface area contributed by atoms with Crippen molar-refractivity contribution >= 4 is 0 Å². The van der Waals surface area contributed by atoms with Gasteiger partial charge in [0.25, 0.3) is 0 Å². The van der Waals surface area contributed by atoms with Crippen LogP contribution in [0.15, 0.2) is 42.6 Å². The first-order chi connectivity index (χ1) is 10.5. The second kappa shape index (κ2) is 6.08. The number of pyridine rings is 1. The van der Waals surface area contributed by atoms with Crippen LogP contribution in [0, 0.1) is 0 Å². The Balaban J connectivity index is 1.66. The highest BCUT2D eigenvalue weighted by atomic mass is 19.4. The molecular weight excluding hydrogens is 289 g/mol. The summed E-state index contributed by atoms with van der Waals surface area (Å²) in [7, 11) is 0. The van der Waals surface area contributed by atoms with Crippen molar-refractivity contribution in [3.05, 3.63) is 65.0 Å². The molecule has 0 radical (unpaired) electrons. The molecule has 0 saturated heterocycles. The first-order valence-corrected chi connectivity index (χ1v) is 7.37. The summed E-state index contributed by atoms with van der Waals surface area (Å²) in [6, 6.07) is 11.1. The molecule has 0 bridgehead atoms. The Labute approximate surface area is 127 Å². The lowest BCUT2D eigenvalue weighted by molar-refractivity contribution is -0.137. The maximum Gasteiger partial charge on any atom is 0.417 e.